The third-order valence-corrected chi connectivity index (χ3v) is 8.60. The first kappa shape index (κ1) is 23.7. The summed E-state index contributed by atoms with van der Waals surface area (Å²) < 4.78 is 5.54. The number of anilines is 1. The van der Waals surface area contributed by atoms with Crippen LogP contribution in [0.3, 0.4) is 0 Å². The van der Waals surface area contributed by atoms with Crippen molar-refractivity contribution < 1.29 is 14.6 Å². The molecule has 0 spiro atoms. The number of nitrogens with one attached hydrogen (secondary N) is 1. The summed E-state index contributed by atoms with van der Waals surface area (Å²) in [5, 5.41) is 16.1. The fourth-order valence-electron chi connectivity index (χ4n) is 5.80. The molecule has 3 aromatic rings. The zero-order chi connectivity index (χ0) is 24.9. The van der Waals surface area contributed by atoms with Crippen molar-refractivity contribution in [2.24, 2.45) is 5.92 Å². The predicted molar refractivity (Wildman–Crippen MR) is 137 cm³/mol. The van der Waals surface area contributed by atoms with Crippen molar-refractivity contribution in [1.29, 1.82) is 0 Å². The van der Waals surface area contributed by atoms with Crippen LogP contribution in [0.4, 0.5) is 5.82 Å². The van der Waals surface area contributed by atoms with Gasteiger partial charge in [0.1, 0.15) is 12.1 Å². The topological polar surface area (TPSA) is 100 Å². The first-order chi connectivity index (χ1) is 17.4. The summed E-state index contributed by atoms with van der Waals surface area (Å²) in [5.41, 5.74) is 1.82. The van der Waals surface area contributed by atoms with Crippen molar-refractivity contribution in [3.05, 3.63) is 59.3 Å². The van der Waals surface area contributed by atoms with Crippen molar-refractivity contribution in [2.45, 2.75) is 49.7 Å². The van der Waals surface area contributed by atoms with Crippen LogP contribution in [0.15, 0.2) is 43.1 Å². The Morgan fingerprint density at radius 1 is 1.17 bits per heavy atom. The quantitative estimate of drug-likeness (QED) is 0.542. The minimum Gasteiger partial charge on any atom is -0.389 e. The third kappa shape index (κ3) is 4.36. The van der Waals surface area contributed by atoms with Gasteiger partial charge in [-0.25, -0.2) is 15.0 Å². The average Bonchev–Trinajstić information content (AvgIpc) is 3.63. The summed E-state index contributed by atoms with van der Waals surface area (Å²) in [4.78, 5) is 27.7. The summed E-state index contributed by atoms with van der Waals surface area (Å²) in [6.45, 7) is 4.85. The Labute approximate surface area is 215 Å². The molecule has 3 aliphatic rings. The Bertz CT molecular complexity index is 1280. The maximum atomic E-state index is 12.8. The molecule has 8 nitrogen and oxygen atoms in total. The summed E-state index contributed by atoms with van der Waals surface area (Å²) >= 11 is 6.72. The number of amides is 1. The molecule has 1 saturated carbocycles. The predicted octanol–water partition coefficient (Wildman–Crippen LogP) is 3.75. The van der Waals surface area contributed by atoms with Gasteiger partial charge in [-0.1, -0.05) is 11.6 Å². The molecule has 4 atom stereocenters. The molecule has 1 amide bonds. The van der Waals surface area contributed by atoms with E-state index in [4.69, 9.17) is 16.3 Å². The van der Waals surface area contributed by atoms with Crippen LogP contribution in [0.5, 0.6) is 0 Å². The molecule has 9 heteroatoms. The monoisotopic (exact) mass is 507 g/mol. The van der Waals surface area contributed by atoms with Crippen molar-refractivity contribution in [3.63, 3.8) is 0 Å². The van der Waals surface area contributed by atoms with Gasteiger partial charge >= 0.3 is 0 Å². The van der Waals surface area contributed by atoms with Gasteiger partial charge in [0.25, 0.3) is 0 Å². The number of likely N-dealkylation sites (tertiary alicyclic amines) is 1. The van der Waals surface area contributed by atoms with Gasteiger partial charge in [-0.3, -0.25) is 9.69 Å². The molecule has 2 aliphatic heterocycles. The number of pyridine rings is 1. The number of benzene rings is 1. The van der Waals surface area contributed by atoms with Gasteiger partial charge in [0.2, 0.25) is 5.91 Å². The van der Waals surface area contributed by atoms with Gasteiger partial charge in [0.05, 0.1) is 24.9 Å². The van der Waals surface area contributed by atoms with Gasteiger partial charge < -0.3 is 15.2 Å². The van der Waals surface area contributed by atoms with E-state index in [0.29, 0.717) is 24.9 Å². The molecular weight excluding hydrogens is 478 g/mol. The normalized spacial score (nSPS) is 28.9. The number of carbonyl (C=O) groups excluding carboxylic acids is 1. The van der Waals surface area contributed by atoms with Gasteiger partial charge in [0, 0.05) is 34.9 Å². The lowest BCUT2D eigenvalue weighted by Gasteiger charge is -2.43. The van der Waals surface area contributed by atoms with Crippen LogP contribution < -0.4 is 5.32 Å². The van der Waals surface area contributed by atoms with Crippen LogP contribution in [0.25, 0.3) is 10.8 Å². The lowest BCUT2D eigenvalue weighted by Crippen LogP contribution is -2.56. The van der Waals surface area contributed by atoms with Crippen molar-refractivity contribution in [1.82, 2.24) is 19.9 Å². The molecule has 0 bridgehead atoms. The lowest BCUT2D eigenvalue weighted by atomic mass is 9.85. The minimum atomic E-state index is -0.452. The zero-order valence-corrected chi connectivity index (χ0v) is 21.0. The van der Waals surface area contributed by atoms with Crippen molar-refractivity contribution in [2.75, 3.05) is 31.6 Å². The van der Waals surface area contributed by atoms with Crippen molar-refractivity contribution in [3.8, 4) is 0 Å². The van der Waals surface area contributed by atoms with E-state index >= 15 is 0 Å². The number of fused-ring (bicyclic) bond motifs is 1. The summed E-state index contributed by atoms with van der Waals surface area (Å²) in [6, 6.07) is 6.05. The number of rotatable bonds is 5. The molecule has 6 rings (SSSR count). The van der Waals surface area contributed by atoms with Crippen LogP contribution in [-0.4, -0.2) is 68.8 Å². The Morgan fingerprint density at radius 3 is 2.67 bits per heavy atom. The first-order valence-electron chi connectivity index (χ1n) is 12.6. The Hall–Kier alpha value is -2.65. The number of hydrogen-bond donors (Lipinski definition) is 2. The molecule has 1 aliphatic carbocycles. The largest absolute Gasteiger partial charge is 0.389 e. The molecule has 1 aromatic carbocycles. The number of nitrogens with zero attached hydrogens (tertiary/aromatic N) is 4. The van der Waals surface area contributed by atoms with E-state index in [1.165, 1.54) is 6.33 Å². The van der Waals surface area contributed by atoms with Gasteiger partial charge in [-0.15, -0.1) is 0 Å². The summed E-state index contributed by atoms with van der Waals surface area (Å²) in [7, 11) is 0. The molecule has 36 heavy (non-hydrogen) atoms. The van der Waals surface area contributed by atoms with Gasteiger partial charge in [-0.05, 0) is 85.8 Å². The minimum absolute atomic E-state index is 0.0242. The molecule has 2 N–H and O–H groups in total. The highest BCUT2D eigenvalue weighted by Gasteiger charge is 2.45. The molecule has 2 saturated heterocycles. The van der Waals surface area contributed by atoms with E-state index in [9.17, 15) is 9.90 Å². The Balaban J connectivity index is 1.15. The van der Waals surface area contributed by atoms with Crippen LogP contribution in [0.2, 0.25) is 5.02 Å². The Morgan fingerprint density at radius 2 is 1.94 bits per heavy atom. The Kier molecular flexibility index (Phi) is 6.16. The maximum Gasteiger partial charge on any atom is 0.229 e. The molecule has 188 valence electrons. The zero-order valence-electron chi connectivity index (χ0n) is 20.2. The van der Waals surface area contributed by atoms with Crippen LogP contribution >= 0.6 is 11.6 Å². The summed E-state index contributed by atoms with van der Waals surface area (Å²) in [6.07, 6.45) is 9.10. The third-order valence-electron chi connectivity index (χ3n) is 8.27. The lowest BCUT2D eigenvalue weighted by molar-refractivity contribution is -0.117. The molecule has 0 radical (unpaired) electrons. The number of ether oxygens (including phenoxy) is 1. The van der Waals surface area contributed by atoms with E-state index < -0.39 is 6.10 Å². The molecule has 4 heterocycles. The fourth-order valence-corrected chi connectivity index (χ4v) is 6.12. The van der Waals surface area contributed by atoms with E-state index in [2.05, 4.69) is 38.2 Å². The second-order valence-electron chi connectivity index (χ2n) is 10.5. The molecule has 4 unspecified atom stereocenters. The highest BCUT2D eigenvalue weighted by Crippen LogP contribution is 2.47. The molecular formula is C27H30ClN5O3. The number of aliphatic hydroxyl groups excluding tert-OH is 1. The van der Waals surface area contributed by atoms with Crippen LogP contribution in [0.1, 0.15) is 49.1 Å². The number of hydrogen-bond acceptors (Lipinski definition) is 7. The van der Waals surface area contributed by atoms with E-state index in [0.717, 1.165) is 59.3 Å². The SMILES string of the molecule is CC1(N2CCC(c3cc4cc(NC(=O)C5CC5c5cncnc5)ncc4cc3Cl)CC2)COCC1O. The first-order valence-corrected chi connectivity index (χ1v) is 13.0. The van der Waals surface area contributed by atoms with E-state index in [1.807, 2.05) is 12.1 Å². The number of aromatic nitrogens is 3. The van der Waals surface area contributed by atoms with E-state index in [-0.39, 0.29) is 23.3 Å². The highest BCUT2D eigenvalue weighted by molar-refractivity contribution is 6.32. The van der Waals surface area contributed by atoms with Crippen LogP contribution in [0, 0.1) is 5.92 Å². The number of aliphatic hydroxyl groups is 1. The average molecular weight is 508 g/mol. The highest BCUT2D eigenvalue weighted by atomic mass is 35.5. The number of piperidine rings is 1. The standard InChI is InChI=1S/C27H30ClN5O3/c1-27(14-36-13-24(27)34)33-4-2-16(3-5-33)21-6-17-8-25(31-12-18(17)7-23(21)28)32-26(35)22-9-20(22)19-10-29-15-30-11-19/h6-8,10-12,15-16,20,22,24,34H,2-5,9,13-14H2,1H3,(H,31,32,35). The fraction of sp³-hybridized carbons (Fsp3) is 0.481. The van der Waals surface area contributed by atoms with E-state index in [1.54, 1.807) is 18.6 Å². The van der Waals surface area contributed by atoms with Gasteiger partial charge in [-0.2, -0.15) is 0 Å². The van der Waals surface area contributed by atoms with Gasteiger partial charge in [0.15, 0.2) is 0 Å². The van der Waals surface area contributed by atoms with Crippen LogP contribution in [-0.2, 0) is 9.53 Å². The smallest absolute Gasteiger partial charge is 0.229 e. The van der Waals surface area contributed by atoms with Crippen molar-refractivity contribution >= 4 is 34.1 Å². The number of halogens is 1. The second-order valence-corrected chi connectivity index (χ2v) is 11.0. The number of carbonyl (C=O) groups is 1. The second kappa shape index (κ2) is 9.34. The summed E-state index contributed by atoms with van der Waals surface area (Å²) in [5.74, 6) is 0.956. The molecule has 2 aromatic heterocycles. The maximum absolute atomic E-state index is 12.8. The molecule has 3 fully saturated rings.